The van der Waals surface area contributed by atoms with Gasteiger partial charge < -0.3 is 4.90 Å². The molecule has 0 bridgehead atoms. The molecule has 1 atom stereocenters. The smallest absolute Gasteiger partial charge is 0.293 e. The Balaban J connectivity index is 2.04. The van der Waals surface area contributed by atoms with Gasteiger partial charge in [-0.2, -0.15) is 4.31 Å². The molecule has 1 aromatic carbocycles. The summed E-state index contributed by atoms with van der Waals surface area (Å²) >= 11 is 0. The molecule has 1 fully saturated rings. The second kappa shape index (κ2) is 8.24. The van der Waals surface area contributed by atoms with E-state index in [1.54, 1.807) is 32.3 Å². The molecule has 0 spiro atoms. The second-order valence-electron chi connectivity index (χ2n) is 6.63. The van der Waals surface area contributed by atoms with Crippen LogP contribution < -0.4 is 4.90 Å². The van der Waals surface area contributed by atoms with E-state index in [0.717, 1.165) is 18.4 Å². The summed E-state index contributed by atoms with van der Waals surface area (Å²) in [7, 11) is -3.76. The minimum Gasteiger partial charge on any atom is -0.359 e. The molecule has 1 aromatic heterocycles. The summed E-state index contributed by atoms with van der Waals surface area (Å²) in [6, 6.07) is 8.00. The Morgan fingerprint density at radius 1 is 1.29 bits per heavy atom. The van der Waals surface area contributed by atoms with Gasteiger partial charge in [0.15, 0.2) is 0 Å². The molecule has 0 N–H and O–H groups in total. The van der Waals surface area contributed by atoms with Crippen molar-refractivity contribution in [2.45, 2.75) is 37.6 Å². The van der Waals surface area contributed by atoms with E-state index >= 15 is 0 Å². The largest absolute Gasteiger partial charge is 0.359 e. The lowest BCUT2D eigenvalue weighted by Crippen LogP contribution is -2.30. The Kier molecular flexibility index (Phi) is 5.95. The predicted octanol–water partition coefficient (Wildman–Crippen LogP) is 3.36. The minimum absolute atomic E-state index is 0.0161. The van der Waals surface area contributed by atoms with Crippen LogP contribution in [0.25, 0.3) is 0 Å². The highest BCUT2D eigenvalue weighted by atomic mass is 32.2. The van der Waals surface area contributed by atoms with Crippen molar-refractivity contribution in [3.63, 3.8) is 0 Å². The molecule has 1 unspecified atom stereocenters. The van der Waals surface area contributed by atoms with E-state index in [2.05, 4.69) is 4.98 Å². The number of aromatic nitrogens is 1. The molecular weight excluding hydrogens is 380 g/mol. The standard InChI is InChI=1S/C19H24N4O4S/c1-3-21(4-2)28(26,27)16-9-10-18(19(13-16)23(24)25)22-12-6-8-17(22)15-7-5-11-20-14-15/h5,7,9-11,13-14,17H,3-4,6,8,12H2,1-2H3. The van der Waals surface area contributed by atoms with Crippen molar-refractivity contribution in [3.05, 3.63) is 58.4 Å². The Labute approximate surface area is 165 Å². The number of nitro groups is 1. The topological polar surface area (TPSA) is 96.7 Å². The first kappa shape index (κ1) is 20.2. The zero-order valence-electron chi connectivity index (χ0n) is 16.0. The van der Waals surface area contributed by atoms with Gasteiger partial charge in [0.25, 0.3) is 5.69 Å². The van der Waals surface area contributed by atoms with Gasteiger partial charge in [0.2, 0.25) is 10.0 Å². The van der Waals surface area contributed by atoms with Crippen LogP contribution in [0, 0.1) is 10.1 Å². The summed E-state index contributed by atoms with van der Waals surface area (Å²) in [5.41, 5.74) is 1.24. The van der Waals surface area contributed by atoms with Crippen LogP contribution in [-0.2, 0) is 10.0 Å². The Hall–Kier alpha value is -2.52. The molecule has 150 valence electrons. The van der Waals surface area contributed by atoms with Crippen LogP contribution in [0.2, 0.25) is 0 Å². The van der Waals surface area contributed by atoms with Crippen molar-refractivity contribution in [2.75, 3.05) is 24.5 Å². The molecule has 8 nitrogen and oxygen atoms in total. The first-order chi connectivity index (χ1) is 13.4. The maximum Gasteiger partial charge on any atom is 0.293 e. The van der Waals surface area contributed by atoms with E-state index < -0.39 is 14.9 Å². The molecule has 0 radical (unpaired) electrons. The van der Waals surface area contributed by atoms with Gasteiger partial charge in [-0.25, -0.2) is 8.42 Å². The van der Waals surface area contributed by atoms with Crippen molar-refractivity contribution in [1.82, 2.24) is 9.29 Å². The number of pyridine rings is 1. The van der Waals surface area contributed by atoms with Crippen LogP contribution in [0.5, 0.6) is 0 Å². The number of benzene rings is 1. The van der Waals surface area contributed by atoms with Crippen LogP contribution >= 0.6 is 0 Å². The van der Waals surface area contributed by atoms with Crippen LogP contribution in [0.4, 0.5) is 11.4 Å². The monoisotopic (exact) mass is 404 g/mol. The molecule has 1 aliphatic heterocycles. The number of nitrogens with zero attached hydrogens (tertiary/aromatic N) is 4. The second-order valence-corrected chi connectivity index (χ2v) is 8.57. The van der Waals surface area contributed by atoms with E-state index in [-0.39, 0.29) is 16.6 Å². The predicted molar refractivity (Wildman–Crippen MR) is 107 cm³/mol. The third kappa shape index (κ3) is 3.72. The van der Waals surface area contributed by atoms with Crippen LogP contribution in [-0.4, -0.2) is 42.3 Å². The molecule has 0 saturated carbocycles. The van der Waals surface area contributed by atoms with Crippen molar-refractivity contribution in [1.29, 1.82) is 0 Å². The lowest BCUT2D eigenvalue weighted by molar-refractivity contribution is -0.384. The van der Waals surface area contributed by atoms with Gasteiger partial charge in [-0.3, -0.25) is 15.1 Å². The normalized spacial score (nSPS) is 17.2. The molecule has 2 aromatic rings. The molecule has 1 saturated heterocycles. The first-order valence-corrected chi connectivity index (χ1v) is 10.8. The van der Waals surface area contributed by atoms with Crippen LogP contribution in [0.1, 0.15) is 38.3 Å². The minimum atomic E-state index is -3.76. The Morgan fingerprint density at radius 2 is 2.04 bits per heavy atom. The molecular formula is C19H24N4O4S. The van der Waals surface area contributed by atoms with E-state index in [1.165, 1.54) is 16.4 Å². The number of nitro benzene ring substituents is 1. The molecule has 3 rings (SSSR count). The van der Waals surface area contributed by atoms with E-state index in [1.807, 2.05) is 17.0 Å². The fourth-order valence-electron chi connectivity index (χ4n) is 3.74. The quantitative estimate of drug-likeness (QED) is 0.518. The number of rotatable bonds is 7. The van der Waals surface area contributed by atoms with Crippen LogP contribution in [0.15, 0.2) is 47.6 Å². The maximum atomic E-state index is 12.8. The van der Waals surface area contributed by atoms with Crippen molar-refractivity contribution in [2.24, 2.45) is 0 Å². The fraction of sp³-hybridized carbons (Fsp3) is 0.421. The fourth-order valence-corrected chi connectivity index (χ4v) is 5.22. The van der Waals surface area contributed by atoms with E-state index in [4.69, 9.17) is 0 Å². The molecule has 9 heteroatoms. The van der Waals surface area contributed by atoms with Crippen molar-refractivity contribution < 1.29 is 13.3 Å². The lowest BCUT2D eigenvalue weighted by Gasteiger charge is -2.27. The summed E-state index contributed by atoms with van der Waals surface area (Å²) < 4.78 is 26.8. The summed E-state index contributed by atoms with van der Waals surface area (Å²) in [6.07, 6.45) is 5.23. The van der Waals surface area contributed by atoms with Crippen LogP contribution in [0.3, 0.4) is 0 Å². The number of sulfonamides is 1. The number of anilines is 1. The molecule has 28 heavy (non-hydrogen) atoms. The summed E-state index contributed by atoms with van der Waals surface area (Å²) in [4.78, 5) is 17.3. The Bertz CT molecular complexity index is 946. The van der Waals surface area contributed by atoms with Gasteiger partial charge in [0.05, 0.1) is 15.9 Å². The SMILES string of the molecule is CCN(CC)S(=O)(=O)c1ccc(N2CCCC2c2cccnc2)c([N+](=O)[O-])c1. The van der Waals surface area contributed by atoms with Gasteiger partial charge in [0, 0.05) is 38.1 Å². The average Bonchev–Trinajstić information content (AvgIpc) is 3.18. The zero-order chi connectivity index (χ0) is 20.3. The average molecular weight is 404 g/mol. The maximum absolute atomic E-state index is 12.8. The molecule has 1 aliphatic rings. The first-order valence-electron chi connectivity index (χ1n) is 9.35. The highest BCUT2D eigenvalue weighted by molar-refractivity contribution is 7.89. The summed E-state index contributed by atoms with van der Waals surface area (Å²) in [5, 5.41) is 11.8. The van der Waals surface area contributed by atoms with Gasteiger partial charge in [-0.1, -0.05) is 19.9 Å². The van der Waals surface area contributed by atoms with E-state index in [0.29, 0.717) is 25.3 Å². The van der Waals surface area contributed by atoms with Gasteiger partial charge >= 0.3 is 0 Å². The molecule has 2 heterocycles. The molecule has 0 aliphatic carbocycles. The van der Waals surface area contributed by atoms with Crippen molar-refractivity contribution >= 4 is 21.4 Å². The zero-order valence-corrected chi connectivity index (χ0v) is 16.8. The highest BCUT2D eigenvalue weighted by Crippen LogP contribution is 2.41. The van der Waals surface area contributed by atoms with Crippen molar-refractivity contribution in [3.8, 4) is 0 Å². The Morgan fingerprint density at radius 3 is 2.64 bits per heavy atom. The molecule has 0 amide bonds. The van der Waals surface area contributed by atoms with Gasteiger partial charge in [-0.15, -0.1) is 0 Å². The number of hydrogen-bond donors (Lipinski definition) is 0. The summed E-state index contributed by atoms with van der Waals surface area (Å²) in [5.74, 6) is 0. The highest BCUT2D eigenvalue weighted by Gasteiger charge is 2.33. The third-order valence-electron chi connectivity index (χ3n) is 5.12. The van der Waals surface area contributed by atoms with E-state index in [9.17, 15) is 18.5 Å². The van der Waals surface area contributed by atoms with Gasteiger partial charge in [-0.05, 0) is 36.6 Å². The lowest BCUT2D eigenvalue weighted by atomic mass is 10.1. The number of hydrogen-bond acceptors (Lipinski definition) is 6. The summed E-state index contributed by atoms with van der Waals surface area (Å²) in [6.45, 7) is 4.77. The van der Waals surface area contributed by atoms with Gasteiger partial charge in [0.1, 0.15) is 5.69 Å². The third-order valence-corrected chi connectivity index (χ3v) is 7.16.